The van der Waals surface area contributed by atoms with Gasteiger partial charge in [0.2, 0.25) is 12.1 Å². The lowest BCUT2D eigenvalue weighted by molar-refractivity contribution is -0.903. The van der Waals surface area contributed by atoms with Crippen molar-refractivity contribution in [2.75, 3.05) is 30.8 Å². The maximum atomic E-state index is 10.1. The first-order valence-electron chi connectivity index (χ1n) is 6.81. The molecule has 0 amide bonds. The zero-order valence-electron chi connectivity index (χ0n) is 11.5. The van der Waals surface area contributed by atoms with Crippen LogP contribution in [0.1, 0.15) is 5.56 Å². The van der Waals surface area contributed by atoms with Crippen LogP contribution >= 0.6 is 11.8 Å². The van der Waals surface area contributed by atoms with Crippen LogP contribution in [0.5, 0.6) is 0 Å². The van der Waals surface area contributed by atoms with Crippen molar-refractivity contribution in [3.8, 4) is 0 Å². The van der Waals surface area contributed by atoms with Gasteiger partial charge in [0.15, 0.2) is 11.0 Å². The number of nitrogens with zero attached hydrogens (tertiary/aromatic N) is 1. The van der Waals surface area contributed by atoms with Gasteiger partial charge in [0.05, 0.1) is 12.1 Å². The van der Waals surface area contributed by atoms with Crippen LogP contribution in [-0.2, 0) is 6.54 Å². The number of nitrogens with two attached hydrogens (primary N) is 1. The smallest absolute Gasteiger partial charge is 0.244 e. The van der Waals surface area contributed by atoms with Crippen molar-refractivity contribution in [2.45, 2.75) is 12.6 Å². The Labute approximate surface area is 121 Å². The lowest BCUT2D eigenvalue weighted by atomic mass is 10.1. The minimum absolute atomic E-state index is 0.186. The average molecular weight is 295 g/mol. The molecule has 3 heterocycles. The first kappa shape index (κ1) is 13.7. The van der Waals surface area contributed by atoms with E-state index in [0.717, 1.165) is 42.0 Å². The number of nitrogen functional groups attached to an aromatic ring is 1. The van der Waals surface area contributed by atoms with E-state index in [1.165, 1.54) is 4.90 Å². The normalized spacial score (nSPS) is 26.4. The van der Waals surface area contributed by atoms with E-state index in [1.807, 2.05) is 6.20 Å². The number of likely N-dealkylation sites (tertiary alicyclic amines) is 1. The minimum Gasteiger partial charge on any atom is -0.387 e. The number of fused-ring (bicyclic) bond motifs is 1. The Morgan fingerprint density at radius 3 is 3.25 bits per heavy atom. The summed E-state index contributed by atoms with van der Waals surface area (Å²) in [5.41, 5.74) is 8.84. The van der Waals surface area contributed by atoms with Crippen molar-refractivity contribution in [3.63, 3.8) is 0 Å². The van der Waals surface area contributed by atoms with Crippen molar-refractivity contribution >= 4 is 28.6 Å². The monoisotopic (exact) mass is 295 g/mol. The molecular formula is C13H21N5OS+2. The standard InChI is InChI=1S/C13H19N5OS/c1-20-6-9-4-18(5-10(9)19)3-8-2-15-12-11(8)16-7-17-13(12)14/h2,7,9-10,15,19H,3-6H2,1H3,(H2,14,16,17)/p+2. The molecule has 0 aromatic carbocycles. The summed E-state index contributed by atoms with van der Waals surface area (Å²) >= 11 is 1.80. The summed E-state index contributed by atoms with van der Waals surface area (Å²) in [6.07, 6.45) is 5.50. The Hall–Kier alpha value is -1.31. The van der Waals surface area contributed by atoms with E-state index in [2.05, 4.69) is 21.2 Å². The fraction of sp³-hybridized carbons (Fsp3) is 0.538. The third-order valence-corrected chi connectivity index (χ3v) is 4.79. The van der Waals surface area contributed by atoms with Crippen molar-refractivity contribution < 1.29 is 15.0 Å². The molecule has 1 aliphatic rings. The van der Waals surface area contributed by atoms with Gasteiger partial charge in [0.1, 0.15) is 19.2 Å². The van der Waals surface area contributed by atoms with Gasteiger partial charge in [0.25, 0.3) is 0 Å². The van der Waals surface area contributed by atoms with Crippen molar-refractivity contribution in [2.24, 2.45) is 5.92 Å². The molecule has 20 heavy (non-hydrogen) atoms. The molecule has 0 spiro atoms. The summed E-state index contributed by atoms with van der Waals surface area (Å²) in [5.74, 6) is 2.04. The fourth-order valence-corrected chi connectivity index (χ4v) is 3.80. The van der Waals surface area contributed by atoms with Gasteiger partial charge in [0, 0.05) is 17.9 Å². The number of quaternary nitrogens is 1. The van der Waals surface area contributed by atoms with Crippen molar-refractivity contribution in [3.05, 3.63) is 18.1 Å². The number of aromatic amines is 2. The maximum absolute atomic E-state index is 10.1. The second-order valence-electron chi connectivity index (χ2n) is 5.47. The second-order valence-corrected chi connectivity index (χ2v) is 6.38. The summed E-state index contributed by atoms with van der Waals surface area (Å²) in [5, 5.41) is 10.1. The summed E-state index contributed by atoms with van der Waals surface area (Å²) in [4.78, 5) is 11.9. The largest absolute Gasteiger partial charge is 0.387 e. The van der Waals surface area contributed by atoms with E-state index in [0.29, 0.717) is 11.7 Å². The highest BCUT2D eigenvalue weighted by atomic mass is 32.2. The van der Waals surface area contributed by atoms with Gasteiger partial charge < -0.3 is 20.7 Å². The van der Waals surface area contributed by atoms with Crippen LogP contribution in [0.3, 0.4) is 0 Å². The van der Waals surface area contributed by atoms with Gasteiger partial charge >= 0.3 is 0 Å². The third-order valence-electron chi connectivity index (χ3n) is 4.03. The number of hydrogen-bond acceptors (Lipinski definition) is 4. The zero-order valence-corrected chi connectivity index (χ0v) is 12.3. The predicted molar refractivity (Wildman–Crippen MR) is 79.3 cm³/mol. The Kier molecular flexibility index (Phi) is 3.82. The number of thioether (sulfide) groups is 1. The van der Waals surface area contributed by atoms with Crippen LogP contribution in [0.4, 0.5) is 5.82 Å². The maximum Gasteiger partial charge on any atom is 0.244 e. The van der Waals surface area contributed by atoms with E-state index in [1.54, 1.807) is 18.1 Å². The fourth-order valence-electron chi connectivity index (χ4n) is 3.03. The van der Waals surface area contributed by atoms with Gasteiger partial charge in [-0.1, -0.05) is 0 Å². The Morgan fingerprint density at radius 1 is 1.60 bits per heavy atom. The van der Waals surface area contributed by atoms with Crippen LogP contribution in [0, 0.1) is 5.92 Å². The number of nitrogens with one attached hydrogen (secondary N) is 3. The Balaban J connectivity index is 1.76. The number of H-pyrrole nitrogens is 2. The highest BCUT2D eigenvalue weighted by Gasteiger charge is 2.35. The quantitative estimate of drug-likeness (QED) is 0.564. The molecular weight excluding hydrogens is 274 g/mol. The molecule has 3 rings (SSSR count). The van der Waals surface area contributed by atoms with E-state index in [9.17, 15) is 5.11 Å². The van der Waals surface area contributed by atoms with E-state index >= 15 is 0 Å². The molecule has 0 saturated carbocycles. The first-order chi connectivity index (χ1) is 9.69. The van der Waals surface area contributed by atoms with Gasteiger partial charge in [-0.2, -0.15) is 11.8 Å². The summed E-state index contributed by atoms with van der Waals surface area (Å²) in [7, 11) is 0. The third kappa shape index (κ3) is 2.48. The van der Waals surface area contributed by atoms with E-state index in [-0.39, 0.29) is 6.10 Å². The van der Waals surface area contributed by atoms with Crippen molar-refractivity contribution in [1.29, 1.82) is 0 Å². The summed E-state index contributed by atoms with van der Waals surface area (Å²) in [6.45, 7) is 2.70. The number of aliphatic hydroxyl groups excluding tert-OH is 1. The summed E-state index contributed by atoms with van der Waals surface area (Å²) < 4.78 is 0. The first-order valence-corrected chi connectivity index (χ1v) is 8.21. The number of anilines is 1. The average Bonchev–Trinajstić information content (AvgIpc) is 2.97. The van der Waals surface area contributed by atoms with Crippen LogP contribution < -0.4 is 15.6 Å². The topological polar surface area (TPSA) is 93.5 Å². The highest BCUT2D eigenvalue weighted by Crippen LogP contribution is 2.17. The molecule has 3 atom stereocenters. The van der Waals surface area contributed by atoms with E-state index < -0.39 is 0 Å². The van der Waals surface area contributed by atoms with Gasteiger partial charge in [-0.05, 0) is 6.26 Å². The van der Waals surface area contributed by atoms with Crippen LogP contribution in [0.25, 0.3) is 11.0 Å². The molecule has 1 fully saturated rings. The molecule has 2 aromatic heterocycles. The molecule has 2 aromatic rings. The van der Waals surface area contributed by atoms with Crippen LogP contribution in [0.15, 0.2) is 12.5 Å². The Bertz CT molecular complexity index is 601. The Morgan fingerprint density at radius 2 is 2.45 bits per heavy atom. The van der Waals surface area contributed by atoms with Crippen molar-refractivity contribution in [1.82, 2.24) is 9.97 Å². The number of rotatable bonds is 4. The number of hydrogen-bond donors (Lipinski definition) is 4. The molecule has 6 nitrogen and oxygen atoms in total. The highest BCUT2D eigenvalue weighted by molar-refractivity contribution is 7.98. The zero-order chi connectivity index (χ0) is 14.1. The molecule has 3 unspecified atom stereocenters. The predicted octanol–water partition coefficient (Wildman–Crippen LogP) is -1.30. The molecule has 1 aliphatic heterocycles. The second kappa shape index (κ2) is 5.59. The summed E-state index contributed by atoms with van der Waals surface area (Å²) in [6, 6.07) is 0. The SMILES string of the molecule is CSCC1C[NH+](Cc2c[nH]c3c(N)[nH+]cnc23)CC1O. The number of aromatic nitrogens is 3. The number of aliphatic hydroxyl groups is 1. The van der Waals surface area contributed by atoms with Gasteiger partial charge in [-0.15, -0.1) is 4.98 Å². The molecule has 1 saturated heterocycles. The lowest BCUT2D eigenvalue weighted by Crippen LogP contribution is -3.09. The van der Waals surface area contributed by atoms with Gasteiger partial charge in [-0.3, -0.25) is 0 Å². The van der Waals surface area contributed by atoms with Crippen LogP contribution in [-0.4, -0.2) is 46.3 Å². The minimum atomic E-state index is -0.186. The van der Waals surface area contributed by atoms with E-state index in [4.69, 9.17) is 5.73 Å². The molecule has 7 heteroatoms. The molecule has 0 aliphatic carbocycles. The lowest BCUT2D eigenvalue weighted by Gasteiger charge is -2.11. The van der Waals surface area contributed by atoms with Gasteiger partial charge in [-0.25, -0.2) is 4.98 Å². The molecule has 0 bridgehead atoms. The van der Waals surface area contributed by atoms with Crippen LogP contribution in [0.2, 0.25) is 0 Å². The molecule has 108 valence electrons. The molecule has 6 N–H and O–H groups in total. The molecule has 0 radical (unpaired) electrons.